The van der Waals surface area contributed by atoms with Crippen LogP contribution < -0.4 is 5.73 Å². The first-order chi connectivity index (χ1) is 7.13. The predicted molar refractivity (Wildman–Crippen MR) is 54.7 cm³/mol. The molecule has 0 heterocycles. The number of anilines is 1. The van der Waals surface area contributed by atoms with Crippen LogP contribution in [0.4, 0.5) is 5.69 Å². The Morgan fingerprint density at radius 2 is 2.20 bits per heavy atom. The summed E-state index contributed by atoms with van der Waals surface area (Å²) in [6, 6.07) is 6.66. The second-order valence-corrected chi connectivity index (χ2v) is 2.79. The van der Waals surface area contributed by atoms with E-state index in [2.05, 4.69) is 11.8 Å². The molecular formula is C11H8N2O2. The number of nitrogen functional groups attached to an aromatic ring is 1. The van der Waals surface area contributed by atoms with Gasteiger partial charge in [-0.05, 0) is 18.2 Å². The summed E-state index contributed by atoms with van der Waals surface area (Å²) in [5.74, 6) is 4.05. The normalized spacial score (nSPS) is 8.47. The highest BCUT2D eigenvalue weighted by Gasteiger charge is 1.99. The third-order valence-electron chi connectivity index (χ3n) is 1.63. The Morgan fingerprint density at radius 1 is 1.47 bits per heavy atom. The number of rotatable bonds is 1. The van der Waals surface area contributed by atoms with Crippen LogP contribution in [0.5, 0.6) is 0 Å². The van der Waals surface area contributed by atoms with Crippen molar-refractivity contribution in [3.8, 4) is 17.9 Å². The molecular weight excluding hydrogens is 192 g/mol. The second kappa shape index (κ2) is 4.69. The largest absolute Gasteiger partial charge is 0.481 e. The molecule has 0 bridgehead atoms. The van der Waals surface area contributed by atoms with Crippen molar-refractivity contribution in [2.24, 2.45) is 0 Å². The first-order valence-electron chi connectivity index (χ1n) is 4.14. The lowest BCUT2D eigenvalue weighted by atomic mass is 10.1. The maximum Gasteiger partial charge on any atom is 0.315 e. The van der Waals surface area contributed by atoms with Gasteiger partial charge in [-0.25, -0.2) is 0 Å². The Bertz CT molecular complexity index is 490. The molecule has 74 valence electrons. The highest BCUT2D eigenvalue weighted by Crippen LogP contribution is 2.11. The van der Waals surface area contributed by atoms with Gasteiger partial charge in [-0.1, -0.05) is 11.8 Å². The smallest absolute Gasteiger partial charge is 0.315 e. The molecule has 1 rings (SSSR count). The van der Waals surface area contributed by atoms with E-state index < -0.39 is 5.97 Å². The molecule has 0 aliphatic heterocycles. The van der Waals surface area contributed by atoms with Crippen molar-refractivity contribution in [3.63, 3.8) is 0 Å². The number of nitrogens with two attached hydrogens (primary N) is 1. The summed E-state index contributed by atoms with van der Waals surface area (Å²) in [6.07, 6.45) is -0.250. The second-order valence-electron chi connectivity index (χ2n) is 2.79. The molecule has 1 aromatic carbocycles. The maximum atomic E-state index is 10.2. The van der Waals surface area contributed by atoms with Gasteiger partial charge in [0.15, 0.2) is 0 Å². The minimum absolute atomic E-state index is 0.250. The van der Waals surface area contributed by atoms with E-state index in [0.29, 0.717) is 16.8 Å². The Kier molecular flexibility index (Phi) is 3.32. The number of nitrogens with zero attached hydrogens (tertiary/aromatic N) is 1. The van der Waals surface area contributed by atoms with Crippen molar-refractivity contribution in [3.05, 3.63) is 29.3 Å². The van der Waals surface area contributed by atoms with E-state index in [0.717, 1.165) is 0 Å². The highest BCUT2D eigenvalue weighted by atomic mass is 16.4. The number of hydrogen-bond donors (Lipinski definition) is 2. The molecule has 0 aliphatic carbocycles. The number of hydrogen-bond acceptors (Lipinski definition) is 3. The molecule has 3 N–H and O–H groups in total. The minimum atomic E-state index is -0.995. The van der Waals surface area contributed by atoms with Gasteiger partial charge in [0, 0.05) is 11.3 Å². The van der Waals surface area contributed by atoms with Gasteiger partial charge in [0.25, 0.3) is 0 Å². The summed E-state index contributed by atoms with van der Waals surface area (Å²) in [7, 11) is 0. The fraction of sp³-hybridized carbons (Fsp3) is 0.0909. The van der Waals surface area contributed by atoms with E-state index in [4.69, 9.17) is 16.1 Å². The van der Waals surface area contributed by atoms with Crippen molar-refractivity contribution < 1.29 is 9.90 Å². The zero-order chi connectivity index (χ0) is 11.3. The Labute approximate surface area is 86.9 Å². The summed E-state index contributed by atoms with van der Waals surface area (Å²) in [4.78, 5) is 10.2. The molecule has 0 saturated heterocycles. The van der Waals surface area contributed by atoms with Crippen molar-refractivity contribution in [1.29, 1.82) is 5.26 Å². The number of nitriles is 1. The van der Waals surface area contributed by atoms with E-state index in [1.54, 1.807) is 18.2 Å². The molecule has 0 amide bonds. The van der Waals surface area contributed by atoms with Crippen LogP contribution in [0.15, 0.2) is 18.2 Å². The van der Waals surface area contributed by atoms with Crippen molar-refractivity contribution in [2.75, 3.05) is 5.73 Å². The Balaban J connectivity index is 3.01. The quantitative estimate of drug-likeness (QED) is 0.522. The van der Waals surface area contributed by atoms with Gasteiger partial charge in [0.1, 0.15) is 12.5 Å². The third-order valence-corrected chi connectivity index (χ3v) is 1.63. The van der Waals surface area contributed by atoms with E-state index in [-0.39, 0.29) is 6.42 Å². The molecule has 0 unspecified atom stereocenters. The van der Waals surface area contributed by atoms with Crippen LogP contribution in [0.2, 0.25) is 0 Å². The Morgan fingerprint density at radius 3 is 2.80 bits per heavy atom. The van der Waals surface area contributed by atoms with Gasteiger partial charge < -0.3 is 10.8 Å². The van der Waals surface area contributed by atoms with Crippen LogP contribution in [0, 0.1) is 23.2 Å². The molecule has 4 heteroatoms. The fourth-order valence-corrected chi connectivity index (χ4v) is 0.978. The Hall–Kier alpha value is -2.46. The van der Waals surface area contributed by atoms with Crippen molar-refractivity contribution >= 4 is 11.7 Å². The SMILES string of the molecule is N#Cc1ccc(N)cc1C#CCC(=O)O. The predicted octanol–water partition coefficient (Wildman–Crippen LogP) is 0.967. The van der Waals surface area contributed by atoms with E-state index in [9.17, 15) is 4.79 Å². The van der Waals surface area contributed by atoms with Gasteiger partial charge in [0.05, 0.1) is 5.56 Å². The molecule has 0 aliphatic rings. The van der Waals surface area contributed by atoms with Crippen molar-refractivity contribution in [2.45, 2.75) is 6.42 Å². The molecule has 0 saturated carbocycles. The first kappa shape index (κ1) is 10.6. The number of carboxylic acids is 1. The number of carboxylic acid groups (broad SMARTS) is 1. The molecule has 1 aromatic rings. The monoisotopic (exact) mass is 200 g/mol. The van der Waals surface area contributed by atoms with Crippen molar-refractivity contribution in [1.82, 2.24) is 0 Å². The summed E-state index contributed by atoms with van der Waals surface area (Å²) in [6.45, 7) is 0. The lowest BCUT2D eigenvalue weighted by Gasteiger charge is -1.96. The van der Waals surface area contributed by atoms with Gasteiger partial charge in [-0.15, -0.1) is 0 Å². The fourth-order valence-electron chi connectivity index (χ4n) is 0.978. The average Bonchev–Trinajstić information content (AvgIpc) is 2.17. The van der Waals surface area contributed by atoms with Crippen LogP contribution in [0.3, 0.4) is 0 Å². The molecule has 0 fully saturated rings. The summed E-state index contributed by atoms with van der Waals surface area (Å²) in [5, 5.41) is 17.1. The molecule has 0 aromatic heterocycles. The van der Waals surface area contributed by atoms with Gasteiger partial charge in [0.2, 0.25) is 0 Å². The van der Waals surface area contributed by atoms with Gasteiger partial charge in [-0.2, -0.15) is 5.26 Å². The van der Waals surface area contributed by atoms with Crippen LogP contribution in [0.1, 0.15) is 17.5 Å². The summed E-state index contributed by atoms with van der Waals surface area (Å²) in [5.41, 5.74) is 6.86. The zero-order valence-electron chi connectivity index (χ0n) is 7.82. The summed E-state index contributed by atoms with van der Waals surface area (Å²) < 4.78 is 0. The van der Waals surface area contributed by atoms with Crippen LogP contribution in [0.25, 0.3) is 0 Å². The highest BCUT2D eigenvalue weighted by molar-refractivity contribution is 5.70. The average molecular weight is 200 g/mol. The zero-order valence-corrected chi connectivity index (χ0v) is 7.82. The number of benzene rings is 1. The first-order valence-corrected chi connectivity index (χ1v) is 4.14. The lowest BCUT2D eigenvalue weighted by molar-refractivity contribution is -0.135. The molecule has 4 nitrogen and oxygen atoms in total. The number of aliphatic carboxylic acids is 1. The lowest BCUT2D eigenvalue weighted by Crippen LogP contribution is -1.92. The summed E-state index contributed by atoms with van der Waals surface area (Å²) >= 11 is 0. The molecule has 15 heavy (non-hydrogen) atoms. The van der Waals surface area contributed by atoms with Gasteiger partial charge >= 0.3 is 5.97 Å². The van der Waals surface area contributed by atoms with E-state index in [1.165, 1.54) is 0 Å². The maximum absolute atomic E-state index is 10.2. The van der Waals surface area contributed by atoms with Crippen LogP contribution in [-0.2, 0) is 4.79 Å². The van der Waals surface area contributed by atoms with Crippen LogP contribution in [-0.4, -0.2) is 11.1 Å². The van der Waals surface area contributed by atoms with Gasteiger partial charge in [-0.3, -0.25) is 4.79 Å². The molecule has 0 radical (unpaired) electrons. The third kappa shape index (κ3) is 3.06. The number of carbonyl (C=O) groups is 1. The van der Waals surface area contributed by atoms with E-state index >= 15 is 0 Å². The standard InChI is InChI=1S/C11H8N2O2/c12-7-9-4-5-10(13)6-8(9)2-1-3-11(14)15/h4-6H,3,13H2,(H,14,15). The molecule has 0 spiro atoms. The van der Waals surface area contributed by atoms with Crippen LogP contribution >= 0.6 is 0 Å². The minimum Gasteiger partial charge on any atom is -0.481 e. The topological polar surface area (TPSA) is 87.1 Å². The molecule has 0 atom stereocenters. The van der Waals surface area contributed by atoms with E-state index in [1.807, 2.05) is 6.07 Å².